The molecule has 0 fully saturated rings. The van der Waals surface area contributed by atoms with Crippen molar-refractivity contribution in [1.29, 1.82) is 0 Å². The zero-order valence-electron chi connectivity index (χ0n) is 38.9. The van der Waals surface area contributed by atoms with E-state index in [4.69, 9.17) is 14.2 Å². The van der Waals surface area contributed by atoms with Crippen LogP contribution in [-0.4, -0.2) is 99.0 Å². The first-order chi connectivity index (χ1) is 27.7. The van der Waals surface area contributed by atoms with Crippen molar-refractivity contribution in [2.75, 3.05) is 0 Å². The lowest BCUT2D eigenvalue weighted by molar-refractivity contribution is -0.157. The second-order valence-electron chi connectivity index (χ2n) is 19.1. The summed E-state index contributed by atoms with van der Waals surface area (Å²) in [7, 11) is 0. The maximum Gasteiger partial charge on any atom is 0.326 e. The first-order valence-corrected chi connectivity index (χ1v) is 21.1. The normalized spacial score (nSPS) is 14.9. The number of hydrogen-bond donors (Lipinski definition) is 4. The maximum atomic E-state index is 14.0. The monoisotopic (exact) mass is 868 g/mol. The van der Waals surface area contributed by atoms with Gasteiger partial charge >= 0.3 is 23.9 Å². The van der Waals surface area contributed by atoms with E-state index in [1.165, 1.54) is 13.8 Å². The third kappa shape index (κ3) is 25.6. The summed E-state index contributed by atoms with van der Waals surface area (Å²) in [6.45, 7) is 22.7. The molecule has 0 aliphatic carbocycles. The zero-order valence-corrected chi connectivity index (χ0v) is 38.9. The van der Waals surface area contributed by atoms with Crippen LogP contribution in [0.1, 0.15) is 161 Å². The van der Waals surface area contributed by atoms with Gasteiger partial charge < -0.3 is 40.1 Å². The molecule has 0 saturated heterocycles. The summed E-state index contributed by atoms with van der Waals surface area (Å²) < 4.78 is 16.2. The molecule has 61 heavy (non-hydrogen) atoms. The summed E-state index contributed by atoms with van der Waals surface area (Å²) in [4.78, 5) is 131. The van der Waals surface area contributed by atoms with E-state index in [2.05, 4.69) is 16.0 Å². The van der Waals surface area contributed by atoms with Crippen LogP contribution in [-0.2, 0) is 62.2 Å². The molecule has 0 bridgehead atoms. The van der Waals surface area contributed by atoms with Gasteiger partial charge in [-0.15, -0.1) is 0 Å². The predicted molar refractivity (Wildman–Crippen MR) is 224 cm³/mol. The van der Waals surface area contributed by atoms with Crippen LogP contribution in [0.3, 0.4) is 0 Å². The van der Waals surface area contributed by atoms with Crippen molar-refractivity contribution in [2.45, 2.75) is 196 Å². The Bertz CT molecular complexity index is 1570. The Morgan fingerprint density at radius 1 is 0.525 bits per heavy atom. The Morgan fingerprint density at radius 3 is 1.26 bits per heavy atom. The summed E-state index contributed by atoms with van der Waals surface area (Å²) in [6, 6.07) is -3.97. The van der Waals surface area contributed by atoms with Gasteiger partial charge in [-0.2, -0.15) is 0 Å². The molecule has 0 aromatic rings. The average Bonchev–Trinajstić information content (AvgIpc) is 3.06. The van der Waals surface area contributed by atoms with Crippen molar-refractivity contribution in [3.8, 4) is 0 Å². The highest BCUT2D eigenvalue weighted by molar-refractivity contribution is 5.97. The number of nitrogens with one attached hydrogen (secondary N) is 3. The number of carbonyl (C=O) groups is 10. The number of esters is 3. The number of rotatable bonds is 26. The molecule has 0 rings (SSSR count). The van der Waals surface area contributed by atoms with Gasteiger partial charge in [0, 0.05) is 49.9 Å². The fraction of sp³-hybridized carbons (Fsp3) is 0.773. The summed E-state index contributed by atoms with van der Waals surface area (Å²) in [6.07, 6.45) is -2.69. The fourth-order valence-electron chi connectivity index (χ4n) is 6.11. The third-order valence-electron chi connectivity index (χ3n) is 8.84. The largest absolute Gasteiger partial charge is 0.480 e. The minimum atomic E-state index is -1.48. The molecular formula is C44H73N3O14. The SMILES string of the molecule is CC[C@H](NC(=O)[C@H](CCC(=O)OC(C)(C)C)CC(=O)[C@H](CC(=O)OC(C)(C)C)NC(=O)[C@H](C)CC(C)=O)C(=O)C[C@@H](CCC(=O)OC(C)(C)C)C(=O)N[C@@H](CC(C)C)C(=O)O. The van der Waals surface area contributed by atoms with Gasteiger partial charge in [0.05, 0.1) is 18.5 Å². The summed E-state index contributed by atoms with van der Waals surface area (Å²) in [5.74, 6) is -10.8. The number of amides is 3. The van der Waals surface area contributed by atoms with Crippen molar-refractivity contribution in [2.24, 2.45) is 23.7 Å². The standard InChI is InChI=1S/C44H73N3O14/c1-15-30(33(49)22-28(16-18-35(51)59-42(6,7)8)40(56)47-32(41(57)58)20-25(2)3)45-39(55)29(17-19-36(52)60-43(9,10)11)23-34(50)31(24-37(53)61-44(12,13)14)46-38(54)26(4)21-27(5)48/h25-26,28-32H,15-24H2,1-14H3,(H,45,55)(H,46,54)(H,47,56)(H,57,58)/t26-,28-,29-,30+,31+,32+/m1/s1. The fourth-order valence-corrected chi connectivity index (χ4v) is 6.11. The molecule has 348 valence electrons. The van der Waals surface area contributed by atoms with Crippen molar-refractivity contribution in [3.05, 3.63) is 0 Å². The van der Waals surface area contributed by atoms with Crippen molar-refractivity contribution < 1.29 is 67.3 Å². The number of hydrogen-bond acceptors (Lipinski definition) is 13. The van der Waals surface area contributed by atoms with Crippen molar-refractivity contribution in [3.63, 3.8) is 0 Å². The molecule has 4 N–H and O–H groups in total. The van der Waals surface area contributed by atoms with Crippen LogP contribution in [0.2, 0.25) is 0 Å². The quantitative estimate of drug-likeness (QED) is 0.0678. The highest BCUT2D eigenvalue weighted by Crippen LogP contribution is 2.22. The number of carboxylic acids is 1. The van der Waals surface area contributed by atoms with Gasteiger partial charge in [-0.05, 0) is 101 Å². The first-order valence-electron chi connectivity index (χ1n) is 21.1. The smallest absolute Gasteiger partial charge is 0.326 e. The molecule has 0 aromatic heterocycles. The molecule has 0 radical (unpaired) electrons. The minimum Gasteiger partial charge on any atom is -0.480 e. The van der Waals surface area contributed by atoms with Crippen LogP contribution in [0.4, 0.5) is 0 Å². The van der Waals surface area contributed by atoms with E-state index < -0.39 is 125 Å². The van der Waals surface area contributed by atoms with Gasteiger partial charge in [-0.1, -0.05) is 27.7 Å². The lowest BCUT2D eigenvalue weighted by Crippen LogP contribution is -2.48. The number of Topliss-reactive ketones (excluding diaryl/α,β-unsaturated/α-hetero) is 3. The zero-order chi connectivity index (χ0) is 47.6. The van der Waals surface area contributed by atoms with Gasteiger partial charge in [0.1, 0.15) is 28.6 Å². The molecule has 17 heteroatoms. The number of carbonyl (C=O) groups excluding carboxylic acids is 9. The van der Waals surface area contributed by atoms with Gasteiger partial charge in [0.15, 0.2) is 11.6 Å². The first kappa shape index (κ1) is 56.3. The Kier molecular flexibility index (Phi) is 23.3. The van der Waals surface area contributed by atoms with Gasteiger partial charge in [-0.25, -0.2) is 4.79 Å². The second kappa shape index (κ2) is 25.3. The Balaban J connectivity index is 6.69. The molecule has 0 heterocycles. The Hall–Kier alpha value is -4.70. The van der Waals surface area contributed by atoms with Crippen LogP contribution < -0.4 is 16.0 Å². The maximum absolute atomic E-state index is 14.0. The molecule has 3 amide bonds. The summed E-state index contributed by atoms with van der Waals surface area (Å²) in [5, 5.41) is 17.4. The lowest BCUT2D eigenvalue weighted by Gasteiger charge is -2.26. The third-order valence-corrected chi connectivity index (χ3v) is 8.84. The highest BCUT2D eigenvalue weighted by atomic mass is 16.6. The van der Waals surface area contributed by atoms with Crippen LogP contribution in [0.5, 0.6) is 0 Å². The summed E-state index contributed by atoms with van der Waals surface area (Å²) in [5.41, 5.74) is -2.63. The number of carboxylic acid groups (broad SMARTS) is 1. The molecule has 6 atom stereocenters. The molecule has 0 aliphatic rings. The number of ketones is 3. The molecule has 0 aliphatic heterocycles. The van der Waals surface area contributed by atoms with Crippen molar-refractivity contribution >= 4 is 58.9 Å². The van der Waals surface area contributed by atoms with Gasteiger partial charge in [0.2, 0.25) is 17.7 Å². The molecule has 0 spiro atoms. The van der Waals surface area contributed by atoms with Crippen LogP contribution >= 0.6 is 0 Å². The van der Waals surface area contributed by atoms with E-state index in [0.717, 1.165) is 0 Å². The van der Waals surface area contributed by atoms with E-state index in [1.54, 1.807) is 83.1 Å². The topological polar surface area (TPSA) is 255 Å². The number of aliphatic carboxylic acids is 1. The van der Waals surface area contributed by atoms with E-state index in [9.17, 15) is 53.1 Å². The predicted octanol–water partition coefficient (Wildman–Crippen LogP) is 4.72. The van der Waals surface area contributed by atoms with Crippen LogP contribution in [0.15, 0.2) is 0 Å². The van der Waals surface area contributed by atoms with Crippen LogP contribution in [0, 0.1) is 23.7 Å². The number of ether oxygens (including phenoxy) is 3. The molecule has 17 nitrogen and oxygen atoms in total. The van der Waals surface area contributed by atoms with Crippen molar-refractivity contribution in [1.82, 2.24) is 16.0 Å². The molecule has 0 unspecified atom stereocenters. The van der Waals surface area contributed by atoms with E-state index in [1.807, 2.05) is 0 Å². The highest BCUT2D eigenvalue weighted by Gasteiger charge is 2.35. The van der Waals surface area contributed by atoms with Crippen LogP contribution in [0.25, 0.3) is 0 Å². The molecular weight excluding hydrogens is 794 g/mol. The lowest BCUT2D eigenvalue weighted by atomic mass is 9.90. The Morgan fingerprint density at radius 2 is 0.902 bits per heavy atom. The molecule has 0 aromatic carbocycles. The summed E-state index contributed by atoms with van der Waals surface area (Å²) >= 11 is 0. The molecule has 0 saturated carbocycles. The van der Waals surface area contributed by atoms with E-state index >= 15 is 0 Å². The minimum absolute atomic E-state index is 0.0220. The Labute approximate surface area is 361 Å². The van der Waals surface area contributed by atoms with Gasteiger partial charge in [0.25, 0.3) is 0 Å². The van der Waals surface area contributed by atoms with E-state index in [0.29, 0.717) is 0 Å². The van der Waals surface area contributed by atoms with E-state index in [-0.39, 0.29) is 56.6 Å². The van der Waals surface area contributed by atoms with Gasteiger partial charge in [-0.3, -0.25) is 38.4 Å². The second-order valence-corrected chi connectivity index (χ2v) is 19.1. The average molecular weight is 868 g/mol.